The second-order valence-corrected chi connectivity index (χ2v) is 7.35. The van der Waals surface area contributed by atoms with Crippen LogP contribution in [0, 0.1) is 5.92 Å². The van der Waals surface area contributed by atoms with Gasteiger partial charge in [-0.05, 0) is 43.7 Å². The summed E-state index contributed by atoms with van der Waals surface area (Å²) < 4.78 is 0. The lowest BCUT2D eigenvalue weighted by atomic mass is 9.95. The van der Waals surface area contributed by atoms with Crippen molar-refractivity contribution in [2.24, 2.45) is 5.92 Å². The fourth-order valence-electron chi connectivity index (χ4n) is 3.28. The zero-order valence-corrected chi connectivity index (χ0v) is 13.5. The van der Waals surface area contributed by atoms with E-state index in [9.17, 15) is 9.59 Å². The van der Waals surface area contributed by atoms with Crippen molar-refractivity contribution in [2.75, 3.05) is 27.2 Å². The number of piperidine rings is 1. The molecule has 1 aromatic rings. The van der Waals surface area contributed by atoms with E-state index in [1.54, 1.807) is 30.3 Å². The van der Waals surface area contributed by atoms with Crippen LogP contribution in [0.3, 0.4) is 0 Å². The van der Waals surface area contributed by atoms with Gasteiger partial charge >= 0.3 is 0 Å². The van der Waals surface area contributed by atoms with Gasteiger partial charge < -0.3 is 9.80 Å². The summed E-state index contributed by atoms with van der Waals surface area (Å²) in [6, 6.07) is 2.09. The summed E-state index contributed by atoms with van der Waals surface area (Å²) in [5, 5.41) is 0. The second-order valence-electron chi connectivity index (χ2n) is 6.21. The Morgan fingerprint density at radius 2 is 1.95 bits per heavy atom. The lowest BCUT2D eigenvalue weighted by Gasteiger charge is -2.32. The number of fused-ring (bicyclic) bond motifs is 1. The predicted octanol–water partition coefficient (Wildman–Crippen LogP) is 2.18. The number of rotatable bonds is 2. The van der Waals surface area contributed by atoms with Gasteiger partial charge in [0, 0.05) is 38.0 Å². The maximum Gasteiger partial charge on any atom is 0.263 e. The summed E-state index contributed by atoms with van der Waals surface area (Å²) >= 11 is 1.67. The molecule has 0 atom stereocenters. The molecule has 0 spiro atoms. The first kappa shape index (κ1) is 14.6. The number of carbonyl (C=O) groups is 2. The van der Waals surface area contributed by atoms with Gasteiger partial charge in [-0.15, -0.1) is 11.3 Å². The highest BCUT2D eigenvalue weighted by molar-refractivity contribution is 7.14. The average Bonchev–Trinajstić information content (AvgIpc) is 3.07. The van der Waals surface area contributed by atoms with Gasteiger partial charge in [-0.1, -0.05) is 0 Å². The van der Waals surface area contributed by atoms with Crippen LogP contribution in [0.1, 0.15) is 39.4 Å². The molecule has 0 bridgehead atoms. The number of amides is 2. The van der Waals surface area contributed by atoms with E-state index in [0.29, 0.717) is 13.1 Å². The van der Waals surface area contributed by atoms with Crippen molar-refractivity contribution in [1.82, 2.24) is 9.80 Å². The second kappa shape index (κ2) is 5.79. The van der Waals surface area contributed by atoms with E-state index < -0.39 is 0 Å². The van der Waals surface area contributed by atoms with Crippen molar-refractivity contribution < 1.29 is 9.59 Å². The zero-order valence-electron chi connectivity index (χ0n) is 12.7. The van der Waals surface area contributed by atoms with Crippen molar-refractivity contribution in [1.29, 1.82) is 0 Å². The Labute approximate surface area is 129 Å². The first-order chi connectivity index (χ1) is 10.1. The highest BCUT2D eigenvalue weighted by atomic mass is 32.1. The summed E-state index contributed by atoms with van der Waals surface area (Å²) in [4.78, 5) is 30.4. The van der Waals surface area contributed by atoms with Gasteiger partial charge in [0.05, 0.1) is 4.88 Å². The Hall–Kier alpha value is -1.36. The molecule has 1 fully saturated rings. The molecule has 1 saturated heterocycles. The van der Waals surface area contributed by atoms with Crippen LogP contribution < -0.4 is 0 Å². The molecule has 1 aliphatic carbocycles. The van der Waals surface area contributed by atoms with Crippen molar-refractivity contribution >= 4 is 23.2 Å². The number of hydrogen-bond acceptors (Lipinski definition) is 3. The molecule has 114 valence electrons. The molecule has 0 unspecified atom stereocenters. The molecule has 5 heteroatoms. The van der Waals surface area contributed by atoms with E-state index in [1.165, 1.54) is 16.9 Å². The SMILES string of the molecule is CN(C)C(=O)C1CCN(C(=O)c2cc3c(s2)CCC3)CC1. The first-order valence-corrected chi connectivity index (χ1v) is 8.50. The van der Waals surface area contributed by atoms with Crippen molar-refractivity contribution in [3.8, 4) is 0 Å². The molecule has 2 heterocycles. The molecular weight excluding hydrogens is 284 g/mol. The molecular formula is C16H22N2O2S. The van der Waals surface area contributed by atoms with Gasteiger partial charge in [-0.2, -0.15) is 0 Å². The van der Waals surface area contributed by atoms with Crippen LogP contribution in [0.4, 0.5) is 0 Å². The lowest BCUT2D eigenvalue weighted by Crippen LogP contribution is -2.42. The standard InChI is InChI=1S/C16H22N2O2S/c1-17(2)15(19)11-6-8-18(9-7-11)16(20)14-10-12-4-3-5-13(12)21-14/h10-11H,3-9H2,1-2H3. The molecule has 1 aliphatic heterocycles. The Bertz CT molecular complexity index is 535. The van der Waals surface area contributed by atoms with E-state index in [2.05, 4.69) is 6.07 Å². The lowest BCUT2D eigenvalue weighted by molar-refractivity contribution is -0.134. The number of thiophene rings is 1. The number of hydrogen-bond donors (Lipinski definition) is 0. The van der Waals surface area contributed by atoms with E-state index in [4.69, 9.17) is 0 Å². The molecule has 4 nitrogen and oxygen atoms in total. The third-order valence-electron chi connectivity index (χ3n) is 4.53. The van der Waals surface area contributed by atoms with Gasteiger partial charge in [-0.3, -0.25) is 9.59 Å². The smallest absolute Gasteiger partial charge is 0.263 e. The highest BCUT2D eigenvalue weighted by Crippen LogP contribution is 2.32. The zero-order chi connectivity index (χ0) is 15.0. The van der Waals surface area contributed by atoms with Gasteiger partial charge in [0.2, 0.25) is 5.91 Å². The molecule has 2 aliphatic rings. The summed E-state index contributed by atoms with van der Waals surface area (Å²) in [6.45, 7) is 1.40. The van der Waals surface area contributed by atoms with Crippen LogP contribution in [-0.2, 0) is 17.6 Å². The van der Waals surface area contributed by atoms with Crippen LogP contribution in [0.15, 0.2) is 6.07 Å². The Morgan fingerprint density at radius 3 is 2.57 bits per heavy atom. The number of nitrogens with zero attached hydrogens (tertiary/aromatic N) is 2. The minimum absolute atomic E-state index is 0.0809. The maximum absolute atomic E-state index is 12.6. The van der Waals surface area contributed by atoms with Crippen LogP contribution >= 0.6 is 11.3 Å². The summed E-state index contributed by atoms with van der Waals surface area (Å²) in [7, 11) is 3.60. The third kappa shape index (κ3) is 2.84. The van der Waals surface area contributed by atoms with Gasteiger partial charge in [0.15, 0.2) is 0 Å². The highest BCUT2D eigenvalue weighted by Gasteiger charge is 2.29. The number of likely N-dealkylation sites (tertiary alicyclic amines) is 1. The summed E-state index contributed by atoms with van der Waals surface area (Å²) in [5.74, 6) is 0.430. The minimum atomic E-state index is 0.0809. The molecule has 0 N–H and O–H groups in total. The number of aryl methyl sites for hydroxylation is 2. The monoisotopic (exact) mass is 306 g/mol. The Kier molecular flexibility index (Phi) is 4.02. The Balaban J connectivity index is 1.61. The molecule has 0 radical (unpaired) electrons. The van der Waals surface area contributed by atoms with Crippen LogP contribution in [-0.4, -0.2) is 48.8 Å². The van der Waals surface area contributed by atoms with Crippen LogP contribution in [0.5, 0.6) is 0 Å². The molecule has 21 heavy (non-hydrogen) atoms. The number of carbonyl (C=O) groups excluding carboxylic acids is 2. The first-order valence-electron chi connectivity index (χ1n) is 7.68. The summed E-state index contributed by atoms with van der Waals surface area (Å²) in [5.41, 5.74) is 1.38. The topological polar surface area (TPSA) is 40.6 Å². The molecule has 0 aromatic carbocycles. The quantitative estimate of drug-likeness (QED) is 0.840. The normalized spacial score (nSPS) is 18.7. The maximum atomic E-state index is 12.6. The fourth-order valence-corrected chi connectivity index (χ4v) is 4.51. The molecule has 0 saturated carbocycles. The molecule has 1 aromatic heterocycles. The molecule has 3 rings (SSSR count). The third-order valence-corrected chi connectivity index (χ3v) is 5.75. The van der Waals surface area contributed by atoms with Crippen molar-refractivity contribution in [2.45, 2.75) is 32.1 Å². The largest absolute Gasteiger partial charge is 0.349 e. The predicted molar refractivity (Wildman–Crippen MR) is 83.7 cm³/mol. The average molecular weight is 306 g/mol. The molecule has 2 amide bonds. The van der Waals surface area contributed by atoms with Gasteiger partial charge in [-0.25, -0.2) is 0 Å². The fraction of sp³-hybridized carbons (Fsp3) is 0.625. The van der Waals surface area contributed by atoms with Crippen molar-refractivity contribution in [3.63, 3.8) is 0 Å². The van der Waals surface area contributed by atoms with Gasteiger partial charge in [0.1, 0.15) is 0 Å². The van der Waals surface area contributed by atoms with E-state index in [0.717, 1.165) is 30.6 Å². The van der Waals surface area contributed by atoms with Crippen molar-refractivity contribution in [3.05, 3.63) is 21.4 Å². The summed E-state index contributed by atoms with van der Waals surface area (Å²) in [6.07, 6.45) is 5.06. The van der Waals surface area contributed by atoms with E-state index >= 15 is 0 Å². The minimum Gasteiger partial charge on any atom is -0.349 e. The Morgan fingerprint density at radius 1 is 1.24 bits per heavy atom. The van der Waals surface area contributed by atoms with E-state index in [1.807, 2.05) is 4.90 Å². The van der Waals surface area contributed by atoms with Crippen LogP contribution in [0.2, 0.25) is 0 Å². The van der Waals surface area contributed by atoms with Crippen LogP contribution in [0.25, 0.3) is 0 Å². The van der Waals surface area contributed by atoms with E-state index in [-0.39, 0.29) is 17.7 Å². The van der Waals surface area contributed by atoms with Gasteiger partial charge in [0.25, 0.3) is 5.91 Å².